The summed E-state index contributed by atoms with van der Waals surface area (Å²) in [7, 11) is 3.04. The fourth-order valence-electron chi connectivity index (χ4n) is 2.60. The van der Waals surface area contributed by atoms with E-state index in [1.54, 1.807) is 12.1 Å². The SMILES string of the molecule is COc1cc(NC(=O)Cc2c[nH]c3ccccc23)c(OC)cc1Cl. The topological polar surface area (TPSA) is 63.3 Å². The molecule has 0 bridgehead atoms. The molecule has 24 heavy (non-hydrogen) atoms. The highest BCUT2D eigenvalue weighted by molar-refractivity contribution is 6.32. The zero-order chi connectivity index (χ0) is 17.1. The number of rotatable bonds is 5. The number of ether oxygens (including phenoxy) is 2. The maximum atomic E-state index is 12.4. The normalized spacial score (nSPS) is 10.6. The number of benzene rings is 2. The monoisotopic (exact) mass is 344 g/mol. The highest BCUT2D eigenvalue weighted by atomic mass is 35.5. The van der Waals surface area contributed by atoms with Crippen LogP contribution in [0.1, 0.15) is 5.56 Å². The van der Waals surface area contributed by atoms with E-state index in [9.17, 15) is 4.79 Å². The van der Waals surface area contributed by atoms with E-state index >= 15 is 0 Å². The molecule has 6 heteroatoms. The van der Waals surface area contributed by atoms with Crippen molar-refractivity contribution in [1.82, 2.24) is 4.98 Å². The van der Waals surface area contributed by atoms with Crippen LogP contribution in [0.3, 0.4) is 0 Å². The van der Waals surface area contributed by atoms with E-state index in [0.29, 0.717) is 22.2 Å². The predicted molar refractivity (Wildman–Crippen MR) is 95.2 cm³/mol. The molecule has 0 atom stereocenters. The summed E-state index contributed by atoms with van der Waals surface area (Å²) < 4.78 is 10.5. The van der Waals surface area contributed by atoms with E-state index in [2.05, 4.69) is 10.3 Å². The van der Waals surface area contributed by atoms with Gasteiger partial charge in [0.25, 0.3) is 0 Å². The highest BCUT2D eigenvalue weighted by Gasteiger charge is 2.14. The summed E-state index contributed by atoms with van der Waals surface area (Å²) in [6.45, 7) is 0. The third-order valence-electron chi connectivity index (χ3n) is 3.77. The Labute approximate surface area is 144 Å². The number of carbonyl (C=O) groups excluding carboxylic acids is 1. The molecule has 1 aromatic heterocycles. The first-order valence-corrected chi connectivity index (χ1v) is 7.76. The van der Waals surface area contributed by atoms with Gasteiger partial charge in [0.05, 0.1) is 31.4 Å². The molecular weight excluding hydrogens is 328 g/mol. The number of hydrogen-bond acceptors (Lipinski definition) is 3. The van der Waals surface area contributed by atoms with Gasteiger partial charge in [-0.2, -0.15) is 0 Å². The van der Waals surface area contributed by atoms with Crippen molar-refractivity contribution in [3.05, 3.63) is 53.2 Å². The Hall–Kier alpha value is -2.66. The van der Waals surface area contributed by atoms with Crippen LogP contribution in [0.5, 0.6) is 11.5 Å². The van der Waals surface area contributed by atoms with Crippen LogP contribution in [-0.2, 0) is 11.2 Å². The zero-order valence-corrected chi connectivity index (χ0v) is 14.1. The van der Waals surface area contributed by atoms with Crippen LogP contribution in [0.15, 0.2) is 42.6 Å². The molecule has 2 aromatic carbocycles. The Balaban J connectivity index is 1.82. The van der Waals surface area contributed by atoms with Crippen LogP contribution in [0.4, 0.5) is 5.69 Å². The standard InChI is InChI=1S/C18H17ClN2O3/c1-23-16-9-15(17(24-2)8-13(16)19)21-18(22)7-11-10-20-14-6-4-3-5-12(11)14/h3-6,8-10,20H,7H2,1-2H3,(H,21,22). The Bertz CT molecular complexity index is 889. The minimum Gasteiger partial charge on any atom is -0.495 e. The molecule has 0 fully saturated rings. The molecule has 3 rings (SSSR count). The van der Waals surface area contributed by atoms with Gasteiger partial charge in [-0.15, -0.1) is 0 Å². The molecule has 5 nitrogen and oxygen atoms in total. The number of carbonyl (C=O) groups is 1. The van der Waals surface area contributed by atoms with Crippen molar-refractivity contribution in [3.63, 3.8) is 0 Å². The molecule has 0 radical (unpaired) electrons. The number of anilines is 1. The minimum atomic E-state index is -0.151. The summed E-state index contributed by atoms with van der Waals surface area (Å²) in [6.07, 6.45) is 2.10. The number of halogens is 1. The first-order chi connectivity index (χ1) is 11.6. The van der Waals surface area contributed by atoms with Crippen LogP contribution in [0.2, 0.25) is 5.02 Å². The second kappa shape index (κ2) is 6.84. The van der Waals surface area contributed by atoms with E-state index in [1.807, 2.05) is 30.5 Å². The number of para-hydroxylation sites is 1. The van der Waals surface area contributed by atoms with Gasteiger partial charge in [-0.05, 0) is 11.6 Å². The number of nitrogens with one attached hydrogen (secondary N) is 2. The third kappa shape index (κ3) is 3.16. The lowest BCUT2D eigenvalue weighted by atomic mass is 10.1. The molecule has 2 N–H and O–H groups in total. The largest absolute Gasteiger partial charge is 0.495 e. The number of aromatic amines is 1. The van der Waals surface area contributed by atoms with Crippen molar-refractivity contribution in [2.45, 2.75) is 6.42 Å². The lowest BCUT2D eigenvalue weighted by Crippen LogP contribution is -2.15. The van der Waals surface area contributed by atoms with Gasteiger partial charge in [-0.25, -0.2) is 0 Å². The molecule has 1 heterocycles. The molecular formula is C18H17ClN2O3. The molecule has 0 saturated heterocycles. The van der Waals surface area contributed by atoms with Gasteiger partial charge < -0.3 is 19.8 Å². The van der Waals surface area contributed by atoms with Gasteiger partial charge >= 0.3 is 0 Å². The van der Waals surface area contributed by atoms with Gasteiger partial charge in [0, 0.05) is 29.2 Å². The minimum absolute atomic E-state index is 0.151. The molecule has 3 aromatic rings. The van der Waals surface area contributed by atoms with Crippen molar-refractivity contribution < 1.29 is 14.3 Å². The smallest absolute Gasteiger partial charge is 0.228 e. The highest BCUT2D eigenvalue weighted by Crippen LogP contribution is 2.36. The summed E-state index contributed by atoms with van der Waals surface area (Å²) in [6, 6.07) is 11.1. The Morgan fingerprint density at radius 2 is 1.92 bits per heavy atom. The average molecular weight is 345 g/mol. The Kier molecular flexibility index (Phi) is 4.62. The summed E-state index contributed by atoms with van der Waals surface area (Å²) >= 11 is 6.08. The average Bonchev–Trinajstić information content (AvgIpc) is 2.99. The Morgan fingerprint density at radius 3 is 2.67 bits per heavy atom. The van der Waals surface area contributed by atoms with Crippen molar-refractivity contribution in [2.24, 2.45) is 0 Å². The van der Waals surface area contributed by atoms with Gasteiger partial charge in [0.2, 0.25) is 5.91 Å². The van der Waals surface area contributed by atoms with Crippen LogP contribution in [-0.4, -0.2) is 25.1 Å². The molecule has 124 valence electrons. The molecule has 0 unspecified atom stereocenters. The van der Waals surface area contributed by atoms with E-state index < -0.39 is 0 Å². The Morgan fingerprint density at radius 1 is 1.17 bits per heavy atom. The fourth-order valence-corrected chi connectivity index (χ4v) is 2.83. The van der Waals surface area contributed by atoms with Crippen molar-refractivity contribution in [3.8, 4) is 11.5 Å². The van der Waals surface area contributed by atoms with Crippen LogP contribution < -0.4 is 14.8 Å². The molecule has 0 aliphatic rings. The zero-order valence-electron chi connectivity index (χ0n) is 13.4. The maximum Gasteiger partial charge on any atom is 0.228 e. The first-order valence-electron chi connectivity index (χ1n) is 7.38. The molecule has 0 saturated carbocycles. The molecule has 1 amide bonds. The maximum absolute atomic E-state index is 12.4. The van der Waals surface area contributed by atoms with Gasteiger partial charge in [-0.3, -0.25) is 4.79 Å². The summed E-state index contributed by atoms with van der Waals surface area (Å²) in [5, 5.41) is 4.31. The number of amides is 1. The molecule has 0 aliphatic carbocycles. The van der Waals surface area contributed by atoms with Crippen LogP contribution in [0, 0.1) is 0 Å². The van der Waals surface area contributed by atoms with Gasteiger partial charge in [0.15, 0.2) is 0 Å². The number of H-pyrrole nitrogens is 1. The summed E-state index contributed by atoms with van der Waals surface area (Å²) in [5.74, 6) is 0.801. The molecule has 0 aliphatic heterocycles. The first kappa shape index (κ1) is 16.2. The van der Waals surface area contributed by atoms with E-state index in [1.165, 1.54) is 14.2 Å². The number of hydrogen-bond donors (Lipinski definition) is 2. The number of methoxy groups -OCH3 is 2. The second-order valence-electron chi connectivity index (χ2n) is 5.27. The van der Waals surface area contributed by atoms with Crippen LogP contribution >= 0.6 is 11.6 Å². The van der Waals surface area contributed by atoms with Gasteiger partial charge in [-0.1, -0.05) is 29.8 Å². The second-order valence-corrected chi connectivity index (χ2v) is 5.68. The molecule has 0 spiro atoms. The van der Waals surface area contributed by atoms with Crippen molar-refractivity contribution in [2.75, 3.05) is 19.5 Å². The summed E-state index contributed by atoms with van der Waals surface area (Å²) in [5.41, 5.74) is 2.46. The van der Waals surface area contributed by atoms with Crippen molar-refractivity contribution >= 4 is 34.1 Å². The lowest BCUT2D eigenvalue weighted by Gasteiger charge is -2.13. The van der Waals surface area contributed by atoms with E-state index in [0.717, 1.165) is 16.5 Å². The van der Waals surface area contributed by atoms with Crippen LogP contribution in [0.25, 0.3) is 10.9 Å². The lowest BCUT2D eigenvalue weighted by molar-refractivity contribution is -0.115. The number of fused-ring (bicyclic) bond motifs is 1. The van der Waals surface area contributed by atoms with E-state index in [4.69, 9.17) is 21.1 Å². The number of aromatic nitrogens is 1. The fraction of sp³-hybridized carbons (Fsp3) is 0.167. The van der Waals surface area contributed by atoms with Gasteiger partial charge in [0.1, 0.15) is 11.5 Å². The summed E-state index contributed by atoms with van der Waals surface area (Å²) in [4.78, 5) is 15.6. The van der Waals surface area contributed by atoms with Crippen molar-refractivity contribution in [1.29, 1.82) is 0 Å². The van der Waals surface area contributed by atoms with E-state index in [-0.39, 0.29) is 12.3 Å². The predicted octanol–water partition coefficient (Wildman–Crippen LogP) is 4.02. The third-order valence-corrected chi connectivity index (χ3v) is 4.07. The quantitative estimate of drug-likeness (QED) is 0.734.